The molecule has 0 aromatic rings. The van der Waals surface area contributed by atoms with Crippen LogP contribution in [-0.4, -0.2) is 98.7 Å². The van der Waals surface area contributed by atoms with Gasteiger partial charge in [0.05, 0.1) is 25.4 Å². The van der Waals surface area contributed by atoms with E-state index in [2.05, 4.69) is 26.1 Å². The number of hydrogen-bond acceptors (Lipinski definition) is 9. The van der Waals surface area contributed by atoms with Crippen LogP contribution < -0.4 is 5.32 Å². The zero-order valence-corrected chi connectivity index (χ0v) is 31.5. The lowest BCUT2D eigenvalue weighted by molar-refractivity contribution is -0.303. The molecule has 1 aliphatic rings. The van der Waals surface area contributed by atoms with Crippen LogP contribution in [0.3, 0.4) is 0 Å². The number of nitrogens with one attached hydrogen (secondary N) is 1. The first kappa shape index (κ1) is 46.2. The van der Waals surface area contributed by atoms with Gasteiger partial charge in [-0.3, -0.25) is 4.79 Å². The second kappa shape index (κ2) is 29.7. The Hall–Kier alpha value is -0.850. The summed E-state index contributed by atoms with van der Waals surface area (Å²) in [5.41, 5.74) is 0. The molecule has 1 rings (SSSR count). The number of carbonyl (C=O) groups is 1. The summed E-state index contributed by atoms with van der Waals surface area (Å²) in [6.45, 7) is 5.86. The van der Waals surface area contributed by atoms with Crippen molar-refractivity contribution in [3.63, 3.8) is 0 Å². The Kier molecular flexibility index (Phi) is 28.0. The summed E-state index contributed by atoms with van der Waals surface area (Å²) in [5.74, 6) is 0.503. The predicted molar refractivity (Wildman–Crippen MR) is 195 cm³/mol. The third-order valence-electron chi connectivity index (χ3n) is 9.98. The van der Waals surface area contributed by atoms with Gasteiger partial charge in [0.2, 0.25) is 5.91 Å². The van der Waals surface area contributed by atoms with E-state index in [0.29, 0.717) is 6.42 Å². The van der Waals surface area contributed by atoms with E-state index in [-0.39, 0.29) is 18.9 Å². The number of aliphatic hydroxyl groups is 6. The van der Waals surface area contributed by atoms with E-state index in [4.69, 9.17) is 9.47 Å². The van der Waals surface area contributed by atoms with Crippen LogP contribution >= 0.6 is 0 Å². The molecule has 0 spiro atoms. The summed E-state index contributed by atoms with van der Waals surface area (Å²) in [6.07, 6.45) is 17.0. The highest BCUT2D eigenvalue weighted by Crippen LogP contribution is 2.23. The van der Waals surface area contributed by atoms with Crippen molar-refractivity contribution in [3.8, 4) is 0 Å². The van der Waals surface area contributed by atoms with Crippen molar-refractivity contribution in [2.45, 2.75) is 224 Å². The molecule has 0 radical (unpaired) electrons. The fraction of sp³-hybridized carbons (Fsp3) is 0.974. The minimum absolute atomic E-state index is 0.259. The largest absolute Gasteiger partial charge is 0.394 e. The first-order valence-corrected chi connectivity index (χ1v) is 20.2. The maximum absolute atomic E-state index is 12.9. The van der Waals surface area contributed by atoms with Crippen molar-refractivity contribution in [2.24, 2.45) is 5.92 Å². The molecule has 0 aliphatic carbocycles. The lowest BCUT2D eigenvalue weighted by atomic mass is 9.98. The van der Waals surface area contributed by atoms with Crippen LogP contribution in [-0.2, 0) is 14.3 Å². The predicted octanol–water partition coefficient (Wildman–Crippen LogP) is 6.05. The average Bonchev–Trinajstić information content (AvgIpc) is 3.08. The summed E-state index contributed by atoms with van der Waals surface area (Å²) in [7, 11) is 0. The van der Waals surface area contributed by atoms with Gasteiger partial charge in [-0.1, -0.05) is 156 Å². The maximum Gasteiger partial charge on any atom is 0.220 e. The average molecular weight is 704 g/mol. The SMILES string of the molecule is CCCCCCCCCCCCCCCC(=O)N[C@@H](CO[C@@H]1O[C@H](CO)[C@H](O)[C@H](O)[C@H]1O)[C@H](O)[C@H](O)CCCCCCCCCCC(C)C. The third-order valence-corrected chi connectivity index (χ3v) is 9.98. The van der Waals surface area contributed by atoms with Gasteiger partial charge in [0.15, 0.2) is 6.29 Å². The van der Waals surface area contributed by atoms with Crippen molar-refractivity contribution in [1.82, 2.24) is 5.32 Å². The number of carbonyl (C=O) groups excluding carboxylic acids is 1. The van der Waals surface area contributed by atoms with Crippen molar-refractivity contribution in [2.75, 3.05) is 13.2 Å². The highest BCUT2D eigenvalue weighted by Gasteiger charge is 2.44. The fourth-order valence-electron chi connectivity index (χ4n) is 6.62. The van der Waals surface area contributed by atoms with Crippen LogP contribution in [0.4, 0.5) is 0 Å². The molecule has 7 N–H and O–H groups in total. The molecular weight excluding hydrogens is 626 g/mol. The van der Waals surface area contributed by atoms with Crippen LogP contribution in [0.25, 0.3) is 0 Å². The molecule has 49 heavy (non-hydrogen) atoms. The van der Waals surface area contributed by atoms with Gasteiger partial charge in [-0.25, -0.2) is 0 Å². The molecule has 0 saturated carbocycles. The molecular formula is C39H77NO9. The Morgan fingerprint density at radius 2 is 1.14 bits per heavy atom. The Morgan fingerprint density at radius 3 is 1.63 bits per heavy atom. The lowest BCUT2D eigenvalue weighted by Gasteiger charge is -2.40. The molecule has 1 aliphatic heterocycles. The first-order chi connectivity index (χ1) is 23.6. The van der Waals surface area contributed by atoms with E-state index in [1.807, 2.05) is 0 Å². The van der Waals surface area contributed by atoms with Crippen LogP contribution in [0.2, 0.25) is 0 Å². The van der Waals surface area contributed by atoms with Crippen LogP contribution in [0.15, 0.2) is 0 Å². The maximum atomic E-state index is 12.9. The van der Waals surface area contributed by atoms with Gasteiger partial charge < -0.3 is 45.4 Å². The summed E-state index contributed by atoms with van der Waals surface area (Å²) >= 11 is 0. The van der Waals surface area contributed by atoms with Crippen molar-refractivity contribution < 1.29 is 44.9 Å². The lowest BCUT2D eigenvalue weighted by Crippen LogP contribution is -2.60. The number of amides is 1. The van der Waals surface area contributed by atoms with E-state index in [9.17, 15) is 35.4 Å². The molecule has 0 unspecified atom stereocenters. The molecule has 10 heteroatoms. The summed E-state index contributed by atoms with van der Waals surface area (Å²) < 4.78 is 11.1. The molecule has 1 heterocycles. The van der Waals surface area contributed by atoms with Crippen molar-refractivity contribution in [1.29, 1.82) is 0 Å². The van der Waals surface area contributed by atoms with Crippen LogP contribution in [0, 0.1) is 5.92 Å². The second-order valence-electron chi connectivity index (χ2n) is 15.1. The molecule has 1 amide bonds. The van der Waals surface area contributed by atoms with Crippen LogP contribution in [0.5, 0.6) is 0 Å². The number of aliphatic hydroxyl groups excluding tert-OH is 6. The zero-order chi connectivity index (χ0) is 36.3. The van der Waals surface area contributed by atoms with Crippen molar-refractivity contribution in [3.05, 3.63) is 0 Å². The number of ether oxygens (including phenoxy) is 2. The summed E-state index contributed by atoms with van der Waals surface area (Å²) in [5, 5.41) is 64.8. The van der Waals surface area contributed by atoms with E-state index in [0.717, 1.165) is 57.3 Å². The first-order valence-electron chi connectivity index (χ1n) is 20.2. The van der Waals surface area contributed by atoms with Gasteiger partial charge in [-0.15, -0.1) is 0 Å². The molecule has 1 fully saturated rings. The van der Waals surface area contributed by atoms with E-state index < -0.39 is 55.6 Å². The quantitative estimate of drug-likeness (QED) is 0.0413. The van der Waals surface area contributed by atoms with Gasteiger partial charge in [-0.05, 0) is 18.8 Å². The highest BCUT2D eigenvalue weighted by atomic mass is 16.7. The fourth-order valence-corrected chi connectivity index (χ4v) is 6.62. The monoisotopic (exact) mass is 704 g/mol. The molecule has 0 aromatic heterocycles. The molecule has 292 valence electrons. The topological polar surface area (TPSA) is 169 Å². The van der Waals surface area contributed by atoms with E-state index >= 15 is 0 Å². The van der Waals surface area contributed by atoms with Crippen molar-refractivity contribution >= 4 is 5.91 Å². The highest BCUT2D eigenvalue weighted by molar-refractivity contribution is 5.76. The third kappa shape index (κ3) is 22.0. The molecule has 0 aromatic carbocycles. The van der Waals surface area contributed by atoms with Crippen LogP contribution in [0.1, 0.15) is 175 Å². The van der Waals surface area contributed by atoms with Gasteiger partial charge >= 0.3 is 0 Å². The molecule has 0 bridgehead atoms. The Bertz CT molecular complexity index is 771. The standard InChI is InChI=1S/C39H77NO9/c1-4-5-6-7-8-9-10-11-12-13-18-21-24-27-34(43)40-31(29-48-39-38(47)37(46)36(45)33(28-41)49-39)35(44)32(42)26-23-20-17-15-14-16-19-22-25-30(2)3/h30-33,35-39,41-42,44-47H,4-29H2,1-3H3,(H,40,43)/t31-,32+,33+,35-,36-,37-,38+,39+/m0/s1. The van der Waals surface area contributed by atoms with E-state index in [1.54, 1.807) is 0 Å². The number of hydrogen-bond donors (Lipinski definition) is 7. The van der Waals surface area contributed by atoms with E-state index in [1.165, 1.54) is 89.9 Å². The Morgan fingerprint density at radius 1 is 0.673 bits per heavy atom. The minimum Gasteiger partial charge on any atom is -0.394 e. The smallest absolute Gasteiger partial charge is 0.220 e. The summed E-state index contributed by atoms with van der Waals surface area (Å²) in [4.78, 5) is 12.9. The number of unbranched alkanes of at least 4 members (excludes halogenated alkanes) is 19. The summed E-state index contributed by atoms with van der Waals surface area (Å²) in [6, 6.07) is -0.984. The normalized spacial score (nSPS) is 23.1. The zero-order valence-electron chi connectivity index (χ0n) is 31.5. The van der Waals surface area contributed by atoms with Gasteiger partial charge in [0.25, 0.3) is 0 Å². The molecule has 10 nitrogen and oxygen atoms in total. The van der Waals surface area contributed by atoms with Gasteiger partial charge in [0.1, 0.15) is 30.5 Å². The number of rotatable bonds is 32. The Labute approximate surface area is 298 Å². The Balaban J connectivity index is 2.48. The van der Waals surface area contributed by atoms with Gasteiger partial charge in [-0.2, -0.15) is 0 Å². The second-order valence-corrected chi connectivity index (χ2v) is 15.1. The van der Waals surface area contributed by atoms with Gasteiger partial charge in [0, 0.05) is 6.42 Å². The molecule has 1 saturated heterocycles. The molecule has 8 atom stereocenters. The minimum atomic E-state index is -1.60.